The molecule has 134 valence electrons. The zero-order chi connectivity index (χ0) is 17.8. The molecule has 3 rings (SSSR count). The van der Waals surface area contributed by atoms with Gasteiger partial charge in [0.1, 0.15) is 23.7 Å². The van der Waals surface area contributed by atoms with E-state index in [1.54, 1.807) is 20.4 Å². The summed E-state index contributed by atoms with van der Waals surface area (Å²) >= 11 is 0. The van der Waals surface area contributed by atoms with Gasteiger partial charge in [-0.15, -0.1) is 10.2 Å². The molecule has 0 saturated carbocycles. The van der Waals surface area contributed by atoms with Crippen molar-refractivity contribution in [3.8, 4) is 0 Å². The minimum Gasteiger partial charge on any atom is -0.465 e. The molecule has 0 atom stereocenters. The molecule has 0 unspecified atom stereocenters. The highest BCUT2D eigenvalue weighted by molar-refractivity contribution is 6.09. The van der Waals surface area contributed by atoms with Crippen LogP contribution in [0, 0.1) is 6.92 Å². The Morgan fingerprint density at radius 3 is 3.08 bits per heavy atom. The van der Waals surface area contributed by atoms with E-state index in [0.29, 0.717) is 61.6 Å². The maximum atomic E-state index is 12.5. The van der Waals surface area contributed by atoms with Crippen molar-refractivity contribution in [1.29, 1.82) is 0 Å². The fourth-order valence-electron chi connectivity index (χ4n) is 3.11. The van der Waals surface area contributed by atoms with Gasteiger partial charge in [-0.25, -0.2) is 0 Å². The monoisotopic (exact) mass is 346 g/mol. The van der Waals surface area contributed by atoms with Gasteiger partial charge in [-0.05, 0) is 13.3 Å². The first-order valence-electron chi connectivity index (χ1n) is 8.41. The van der Waals surface area contributed by atoms with Crippen LogP contribution in [0.2, 0.25) is 0 Å². The van der Waals surface area contributed by atoms with Crippen LogP contribution in [0.5, 0.6) is 0 Å². The summed E-state index contributed by atoms with van der Waals surface area (Å²) in [5.74, 6) is 1.63. The lowest BCUT2D eigenvalue weighted by Crippen LogP contribution is -2.28. The molecule has 1 aliphatic rings. The Kier molecular flexibility index (Phi) is 5.28. The molecule has 1 amide bonds. The van der Waals surface area contributed by atoms with Gasteiger partial charge < -0.3 is 19.0 Å². The Morgan fingerprint density at radius 2 is 2.28 bits per heavy atom. The standard InChI is InChI=1S/C17H22N4O4/c1-11-15(16-12(22)4-3-5-13(16)25-11)17(23)18-7-6-14-20-19-10-21(14)8-9-24-2/h10H,3-9H2,1-2H3,(H,18,23). The number of aromatic nitrogens is 3. The summed E-state index contributed by atoms with van der Waals surface area (Å²) in [6, 6.07) is 0. The van der Waals surface area contributed by atoms with E-state index in [0.717, 1.165) is 12.2 Å². The predicted octanol–water partition coefficient (Wildman–Crippen LogP) is 1.32. The van der Waals surface area contributed by atoms with Gasteiger partial charge in [-0.3, -0.25) is 9.59 Å². The lowest BCUT2D eigenvalue weighted by Gasteiger charge is -2.10. The summed E-state index contributed by atoms with van der Waals surface area (Å²) in [5, 5.41) is 10.8. The van der Waals surface area contributed by atoms with E-state index in [-0.39, 0.29) is 11.7 Å². The Labute approximate surface area is 145 Å². The average Bonchev–Trinajstić information content (AvgIpc) is 3.17. The number of methoxy groups -OCH3 is 1. The van der Waals surface area contributed by atoms with Crippen molar-refractivity contribution >= 4 is 11.7 Å². The molecule has 0 spiro atoms. The van der Waals surface area contributed by atoms with Crippen LogP contribution in [0.15, 0.2) is 10.7 Å². The quantitative estimate of drug-likeness (QED) is 0.812. The molecule has 8 nitrogen and oxygen atoms in total. The minimum absolute atomic E-state index is 0.0115. The number of Topliss-reactive ketones (excluding diaryl/α,β-unsaturated/α-hetero) is 1. The molecular weight excluding hydrogens is 324 g/mol. The largest absolute Gasteiger partial charge is 0.465 e. The molecule has 25 heavy (non-hydrogen) atoms. The van der Waals surface area contributed by atoms with Crippen molar-refractivity contribution in [2.75, 3.05) is 20.3 Å². The number of nitrogens with zero attached hydrogens (tertiary/aromatic N) is 3. The number of hydrogen-bond acceptors (Lipinski definition) is 6. The number of nitrogens with one attached hydrogen (secondary N) is 1. The summed E-state index contributed by atoms with van der Waals surface area (Å²) < 4.78 is 12.6. The molecule has 0 saturated heterocycles. The molecule has 2 aromatic heterocycles. The van der Waals surface area contributed by atoms with Gasteiger partial charge in [0.05, 0.1) is 17.7 Å². The zero-order valence-electron chi connectivity index (χ0n) is 14.5. The van der Waals surface area contributed by atoms with Gasteiger partial charge in [0.25, 0.3) is 5.91 Å². The molecule has 0 bridgehead atoms. The van der Waals surface area contributed by atoms with E-state index in [1.807, 2.05) is 4.57 Å². The predicted molar refractivity (Wildman–Crippen MR) is 88.6 cm³/mol. The summed E-state index contributed by atoms with van der Waals surface area (Å²) in [5.41, 5.74) is 0.838. The summed E-state index contributed by atoms with van der Waals surface area (Å²) in [4.78, 5) is 24.7. The maximum Gasteiger partial charge on any atom is 0.255 e. The fraction of sp³-hybridized carbons (Fsp3) is 0.529. The number of aryl methyl sites for hydroxylation is 2. The van der Waals surface area contributed by atoms with Crippen molar-refractivity contribution in [3.05, 3.63) is 34.8 Å². The van der Waals surface area contributed by atoms with Crippen molar-refractivity contribution in [3.63, 3.8) is 0 Å². The van der Waals surface area contributed by atoms with Gasteiger partial charge >= 0.3 is 0 Å². The molecule has 0 aromatic carbocycles. The van der Waals surface area contributed by atoms with E-state index in [2.05, 4.69) is 15.5 Å². The number of amides is 1. The van der Waals surface area contributed by atoms with Gasteiger partial charge in [-0.1, -0.05) is 0 Å². The molecule has 8 heteroatoms. The number of fused-ring (bicyclic) bond motifs is 1. The summed E-state index contributed by atoms with van der Waals surface area (Å²) in [7, 11) is 1.64. The van der Waals surface area contributed by atoms with Crippen LogP contribution in [0.1, 0.15) is 50.9 Å². The minimum atomic E-state index is -0.277. The number of rotatable bonds is 7. The Hall–Kier alpha value is -2.48. The second-order valence-corrected chi connectivity index (χ2v) is 6.05. The lowest BCUT2D eigenvalue weighted by atomic mass is 9.93. The van der Waals surface area contributed by atoms with Crippen molar-refractivity contribution in [2.24, 2.45) is 0 Å². The summed E-state index contributed by atoms with van der Waals surface area (Å²) in [6.45, 7) is 3.36. The third-order valence-electron chi connectivity index (χ3n) is 4.34. The molecule has 0 radical (unpaired) electrons. The first kappa shape index (κ1) is 17.3. The second kappa shape index (κ2) is 7.60. The van der Waals surface area contributed by atoms with E-state index in [1.165, 1.54) is 0 Å². The molecule has 2 aromatic rings. The van der Waals surface area contributed by atoms with E-state index in [4.69, 9.17) is 9.15 Å². The first-order valence-corrected chi connectivity index (χ1v) is 8.41. The van der Waals surface area contributed by atoms with Gasteiger partial charge in [0.15, 0.2) is 5.78 Å². The molecule has 2 heterocycles. The highest BCUT2D eigenvalue weighted by Gasteiger charge is 2.30. The van der Waals surface area contributed by atoms with Crippen molar-refractivity contribution < 1.29 is 18.7 Å². The molecular formula is C17H22N4O4. The van der Waals surface area contributed by atoms with Crippen LogP contribution < -0.4 is 5.32 Å². The number of ketones is 1. The van der Waals surface area contributed by atoms with Gasteiger partial charge in [0, 0.05) is 39.5 Å². The molecule has 1 N–H and O–H groups in total. The van der Waals surface area contributed by atoms with Crippen LogP contribution in [0.3, 0.4) is 0 Å². The number of furan rings is 1. The SMILES string of the molecule is COCCn1cnnc1CCNC(=O)c1c(C)oc2c1C(=O)CCC2. The number of ether oxygens (including phenoxy) is 1. The third kappa shape index (κ3) is 3.63. The fourth-order valence-corrected chi connectivity index (χ4v) is 3.11. The Morgan fingerprint density at radius 1 is 1.44 bits per heavy atom. The van der Waals surface area contributed by atoms with Crippen LogP contribution in [-0.4, -0.2) is 46.7 Å². The first-order chi connectivity index (χ1) is 12.1. The number of hydrogen-bond donors (Lipinski definition) is 1. The lowest BCUT2D eigenvalue weighted by molar-refractivity contribution is 0.0927. The highest BCUT2D eigenvalue weighted by atomic mass is 16.5. The van der Waals surface area contributed by atoms with Gasteiger partial charge in [0.2, 0.25) is 0 Å². The zero-order valence-corrected chi connectivity index (χ0v) is 14.5. The Balaban J connectivity index is 1.63. The van der Waals surface area contributed by atoms with Crippen LogP contribution in [0.4, 0.5) is 0 Å². The van der Waals surface area contributed by atoms with E-state index >= 15 is 0 Å². The normalized spacial score (nSPS) is 13.8. The molecule has 1 aliphatic carbocycles. The topological polar surface area (TPSA) is 99.2 Å². The summed E-state index contributed by atoms with van der Waals surface area (Å²) in [6.07, 6.45) is 4.14. The van der Waals surface area contributed by atoms with Crippen molar-refractivity contribution in [1.82, 2.24) is 20.1 Å². The van der Waals surface area contributed by atoms with Crippen LogP contribution in [0.25, 0.3) is 0 Å². The molecule has 0 fully saturated rings. The smallest absolute Gasteiger partial charge is 0.255 e. The van der Waals surface area contributed by atoms with Crippen LogP contribution >= 0.6 is 0 Å². The third-order valence-corrected chi connectivity index (χ3v) is 4.34. The van der Waals surface area contributed by atoms with Crippen molar-refractivity contribution in [2.45, 2.75) is 39.2 Å². The number of carbonyl (C=O) groups is 2. The molecule has 0 aliphatic heterocycles. The second-order valence-electron chi connectivity index (χ2n) is 6.05. The number of carbonyl (C=O) groups excluding carboxylic acids is 2. The van der Waals surface area contributed by atoms with Crippen LogP contribution in [-0.2, 0) is 24.1 Å². The average molecular weight is 346 g/mol. The van der Waals surface area contributed by atoms with E-state index in [9.17, 15) is 9.59 Å². The van der Waals surface area contributed by atoms with E-state index < -0.39 is 0 Å². The highest BCUT2D eigenvalue weighted by Crippen LogP contribution is 2.29. The maximum absolute atomic E-state index is 12.5. The Bertz CT molecular complexity index is 778. The van der Waals surface area contributed by atoms with Gasteiger partial charge in [-0.2, -0.15) is 0 Å².